The summed E-state index contributed by atoms with van der Waals surface area (Å²) in [5, 5.41) is 1.98. The van der Waals surface area contributed by atoms with Gasteiger partial charge in [-0.15, -0.1) is 0 Å². The predicted molar refractivity (Wildman–Crippen MR) is 124 cm³/mol. The van der Waals surface area contributed by atoms with E-state index in [0.717, 1.165) is 54.6 Å². The summed E-state index contributed by atoms with van der Waals surface area (Å²) in [5.74, 6) is 5.66. The van der Waals surface area contributed by atoms with E-state index in [0.29, 0.717) is 10.8 Å². The molecule has 4 fully saturated rings. The van der Waals surface area contributed by atoms with Crippen LogP contribution in [0.4, 0.5) is 13.2 Å². The van der Waals surface area contributed by atoms with Crippen molar-refractivity contribution in [1.29, 1.82) is 0 Å². The lowest BCUT2D eigenvalue weighted by Gasteiger charge is -2.61. The first-order valence-corrected chi connectivity index (χ1v) is 13.2. The summed E-state index contributed by atoms with van der Waals surface area (Å²) < 4.78 is 33.0. The Kier molecular flexibility index (Phi) is 8.43. The van der Waals surface area contributed by atoms with Gasteiger partial charge < -0.3 is 10.1 Å². The maximum absolute atomic E-state index is 11.0. The summed E-state index contributed by atoms with van der Waals surface area (Å²) in [4.78, 5) is 10.8. The van der Waals surface area contributed by atoms with E-state index < -0.39 is 12.7 Å². The molecule has 4 aliphatic rings. The van der Waals surface area contributed by atoms with Gasteiger partial charge in [-0.1, -0.05) is 33.6 Å². The molecule has 1 N–H and O–H groups in total. The molecule has 0 saturated heterocycles. The Morgan fingerprint density at radius 2 is 1.69 bits per heavy atom. The molecule has 186 valence electrons. The van der Waals surface area contributed by atoms with E-state index in [2.05, 4.69) is 20.8 Å². The molecule has 8 atom stereocenters. The Morgan fingerprint density at radius 3 is 2.31 bits per heavy atom. The van der Waals surface area contributed by atoms with Gasteiger partial charge >= 0.3 is 6.18 Å². The van der Waals surface area contributed by atoms with Crippen molar-refractivity contribution < 1.29 is 18.0 Å². The lowest BCUT2D eigenvalue weighted by molar-refractivity contribution is -0.123. The summed E-state index contributed by atoms with van der Waals surface area (Å²) >= 11 is 0. The summed E-state index contributed by atoms with van der Waals surface area (Å²) in [5.41, 5.74) is 1.24. The van der Waals surface area contributed by atoms with E-state index in [9.17, 15) is 18.0 Å². The Hall–Kier alpha value is -0.580. The van der Waals surface area contributed by atoms with Crippen molar-refractivity contribution in [2.24, 2.45) is 46.3 Å². The second kappa shape index (κ2) is 10.4. The number of aldehydes is 1. The number of alkyl halides is 3. The van der Waals surface area contributed by atoms with Crippen molar-refractivity contribution in [3.8, 4) is 0 Å². The minimum Gasteiger partial charge on any atom is -0.312 e. The van der Waals surface area contributed by atoms with Gasteiger partial charge in [-0.2, -0.15) is 13.2 Å². The quantitative estimate of drug-likeness (QED) is 0.435. The first kappa shape index (κ1) is 26.0. The zero-order valence-corrected chi connectivity index (χ0v) is 20.8. The molecule has 0 heterocycles. The van der Waals surface area contributed by atoms with Gasteiger partial charge in [0.25, 0.3) is 0 Å². The molecule has 0 radical (unpaired) electrons. The summed E-state index contributed by atoms with van der Waals surface area (Å²) in [6.45, 7) is 6.87. The molecule has 32 heavy (non-hydrogen) atoms. The van der Waals surface area contributed by atoms with Gasteiger partial charge in [-0.25, -0.2) is 0 Å². The maximum atomic E-state index is 11.0. The van der Waals surface area contributed by atoms with Gasteiger partial charge in [0.15, 0.2) is 0 Å². The first-order chi connectivity index (χ1) is 15.1. The lowest BCUT2D eigenvalue weighted by Crippen LogP contribution is -2.53. The van der Waals surface area contributed by atoms with E-state index in [4.69, 9.17) is 0 Å². The number of hydrogen-bond acceptors (Lipinski definition) is 2. The fourth-order valence-electron chi connectivity index (χ4n) is 9.00. The van der Waals surface area contributed by atoms with Crippen LogP contribution in [0.1, 0.15) is 97.8 Å². The number of halogens is 3. The Bertz CT molecular complexity index is 623. The van der Waals surface area contributed by atoms with Crippen LogP contribution in [-0.4, -0.2) is 26.1 Å². The molecule has 4 saturated carbocycles. The minimum absolute atomic E-state index is 0.571. The van der Waals surface area contributed by atoms with Crippen LogP contribution in [0, 0.1) is 46.3 Å². The van der Waals surface area contributed by atoms with E-state index in [-0.39, 0.29) is 0 Å². The standard InChI is InChI=1S/C24H40O.C3H6F3N/c1-17(7-6-16-25)20-11-12-21-19-10-9-18-8-4-5-14-23(18,2)22(19)13-15-24(20,21)3;1-7-2-3(4,5)6/h16-22H,4-15H2,1-3H3;7H,2H2,1H3. The largest absolute Gasteiger partial charge is 0.401 e. The van der Waals surface area contributed by atoms with Crippen LogP contribution >= 0.6 is 0 Å². The van der Waals surface area contributed by atoms with E-state index in [1.807, 2.05) is 5.32 Å². The normalized spacial score (nSPS) is 42.0. The van der Waals surface area contributed by atoms with Crippen molar-refractivity contribution in [1.82, 2.24) is 5.32 Å². The third kappa shape index (κ3) is 5.23. The lowest BCUT2D eigenvalue weighted by atomic mass is 9.44. The third-order valence-electron chi connectivity index (χ3n) is 10.5. The van der Waals surface area contributed by atoms with Gasteiger partial charge in [-0.05, 0) is 111 Å². The van der Waals surface area contributed by atoms with E-state index in [1.54, 1.807) is 0 Å². The summed E-state index contributed by atoms with van der Waals surface area (Å²) in [7, 11) is 1.26. The number of rotatable bonds is 5. The molecule has 8 unspecified atom stereocenters. The fraction of sp³-hybridized carbons (Fsp3) is 0.963. The fourth-order valence-corrected chi connectivity index (χ4v) is 9.00. The number of hydrogen-bond donors (Lipinski definition) is 1. The van der Waals surface area contributed by atoms with Crippen LogP contribution < -0.4 is 5.32 Å². The number of carbonyl (C=O) groups is 1. The van der Waals surface area contributed by atoms with Crippen molar-refractivity contribution in [2.75, 3.05) is 13.6 Å². The van der Waals surface area contributed by atoms with Crippen LogP contribution in [0.5, 0.6) is 0 Å². The second-order valence-corrected chi connectivity index (χ2v) is 12.0. The molecule has 0 bridgehead atoms. The first-order valence-electron chi connectivity index (χ1n) is 13.2. The molecule has 0 amide bonds. The Labute approximate surface area is 193 Å². The third-order valence-corrected chi connectivity index (χ3v) is 10.5. The van der Waals surface area contributed by atoms with Crippen molar-refractivity contribution in [3.05, 3.63) is 0 Å². The average molecular weight is 458 g/mol. The molecule has 0 aromatic carbocycles. The molecule has 0 spiro atoms. The number of fused-ring (bicyclic) bond motifs is 5. The Balaban J connectivity index is 0.000000360. The van der Waals surface area contributed by atoms with E-state index in [1.165, 1.54) is 71.3 Å². The molecule has 0 aromatic heterocycles. The summed E-state index contributed by atoms with van der Waals surface area (Å²) in [6.07, 6.45) is 13.9. The zero-order valence-electron chi connectivity index (χ0n) is 20.8. The molecule has 2 nitrogen and oxygen atoms in total. The molecule has 5 heteroatoms. The van der Waals surface area contributed by atoms with Crippen LogP contribution in [0.3, 0.4) is 0 Å². The van der Waals surface area contributed by atoms with E-state index >= 15 is 0 Å². The SMILES string of the molecule is CC(CCC=O)C1CCC2C3CCC4CCCCC4(C)C3CCC12C.CNCC(F)(F)F. The average Bonchev–Trinajstić information content (AvgIpc) is 3.08. The van der Waals surface area contributed by atoms with Gasteiger partial charge in [0.05, 0.1) is 6.54 Å². The molecule has 0 aliphatic heterocycles. The highest BCUT2D eigenvalue weighted by Gasteiger charge is 2.59. The highest BCUT2D eigenvalue weighted by molar-refractivity contribution is 5.49. The minimum atomic E-state index is -4.06. The number of carbonyl (C=O) groups excluding carboxylic acids is 1. The molecule has 4 aliphatic carbocycles. The van der Waals surface area contributed by atoms with Crippen LogP contribution in [-0.2, 0) is 4.79 Å². The van der Waals surface area contributed by atoms with Gasteiger partial charge in [0, 0.05) is 6.42 Å². The van der Waals surface area contributed by atoms with Crippen LogP contribution in [0.2, 0.25) is 0 Å². The smallest absolute Gasteiger partial charge is 0.312 e. The summed E-state index contributed by atoms with van der Waals surface area (Å²) in [6, 6.07) is 0. The molecular formula is C27H46F3NO. The van der Waals surface area contributed by atoms with Gasteiger partial charge in [-0.3, -0.25) is 0 Å². The highest BCUT2D eigenvalue weighted by atomic mass is 19.4. The molecular weight excluding hydrogens is 411 g/mol. The predicted octanol–water partition coefficient (Wildman–Crippen LogP) is 7.42. The van der Waals surface area contributed by atoms with Crippen molar-refractivity contribution in [2.45, 2.75) is 104 Å². The van der Waals surface area contributed by atoms with Crippen molar-refractivity contribution in [3.63, 3.8) is 0 Å². The Morgan fingerprint density at radius 1 is 0.969 bits per heavy atom. The second-order valence-electron chi connectivity index (χ2n) is 12.0. The van der Waals surface area contributed by atoms with Crippen LogP contribution in [0.25, 0.3) is 0 Å². The van der Waals surface area contributed by atoms with Crippen molar-refractivity contribution >= 4 is 6.29 Å². The maximum Gasteiger partial charge on any atom is 0.401 e. The topological polar surface area (TPSA) is 29.1 Å². The molecule has 0 aromatic rings. The van der Waals surface area contributed by atoms with Crippen LogP contribution in [0.15, 0.2) is 0 Å². The highest BCUT2D eigenvalue weighted by Crippen LogP contribution is 2.68. The van der Waals surface area contributed by atoms with Gasteiger partial charge in [0.2, 0.25) is 0 Å². The van der Waals surface area contributed by atoms with Gasteiger partial charge in [0.1, 0.15) is 6.29 Å². The monoisotopic (exact) mass is 457 g/mol. The number of nitrogens with one attached hydrogen (secondary N) is 1. The molecule has 4 rings (SSSR count). The zero-order chi connectivity index (χ0) is 23.6.